The Hall–Kier alpha value is -1.47. The number of nitrogens with zero attached hydrogens (tertiary/aromatic N) is 1. The van der Waals surface area contributed by atoms with Crippen molar-refractivity contribution in [2.45, 2.75) is 38.3 Å². The summed E-state index contributed by atoms with van der Waals surface area (Å²) in [5, 5.41) is 13.7. The lowest BCUT2D eigenvalue weighted by Gasteiger charge is -2.18. The molecule has 4 N–H and O–H groups in total. The molecule has 3 unspecified atom stereocenters. The quantitative estimate of drug-likeness (QED) is 0.768. The second-order valence-electron chi connectivity index (χ2n) is 4.81. The van der Waals surface area contributed by atoms with Gasteiger partial charge in [-0.15, -0.1) is 11.3 Å². The summed E-state index contributed by atoms with van der Waals surface area (Å²) in [4.78, 5) is 26.8. The summed E-state index contributed by atoms with van der Waals surface area (Å²) in [5.41, 5.74) is 5.90. The largest absolute Gasteiger partial charge is 0.476 e. The second-order valence-corrected chi connectivity index (χ2v) is 5.70. The van der Waals surface area contributed by atoms with E-state index in [4.69, 9.17) is 10.8 Å². The predicted octanol–water partition coefficient (Wildman–Crippen LogP) is 1.15. The topological polar surface area (TPSA) is 105 Å². The van der Waals surface area contributed by atoms with Gasteiger partial charge in [0.1, 0.15) is 5.01 Å². The van der Waals surface area contributed by atoms with Crippen LogP contribution in [0.5, 0.6) is 0 Å². The number of aromatic nitrogens is 1. The van der Waals surface area contributed by atoms with Crippen molar-refractivity contribution in [3.63, 3.8) is 0 Å². The Morgan fingerprint density at radius 1 is 1.58 bits per heavy atom. The van der Waals surface area contributed by atoms with Gasteiger partial charge < -0.3 is 16.2 Å². The molecule has 1 aromatic rings. The fourth-order valence-corrected chi connectivity index (χ4v) is 3.08. The first-order valence-corrected chi connectivity index (χ1v) is 7.11. The van der Waals surface area contributed by atoms with E-state index in [-0.39, 0.29) is 29.6 Å². The Labute approximate surface area is 115 Å². The lowest BCUT2D eigenvalue weighted by molar-refractivity contribution is -0.125. The highest BCUT2D eigenvalue weighted by Gasteiger charge is 2.31. The molecule has 19 heavy (non-hydrogen) atoms. The van der Waals surface area contributed by atoms with E-state index in [1.807, 2.05) is 0 Å². The molecule has 104 valence electrons. The summed E-state index contributed by atoms with van der Waals surface area (Å²) in [7, 11) is 0. The molecule has 7 heteroatoms. The van der Waals surface area contributed by atoms with E-state index in [0.29, 0.717) is 5.01 Å². The van der Waals surface area contributed by atoms with Crippen molar-refractivity contribution in [2.75, 3.05) is 0 Å². The van der Waals surface area contributed by atoms with E-state index < -0.39 is 5.97 Å². The molecule has 1 aliphatic rings. The Morgan fingerprint density at radius 2 is 2.32 bits per heavy atom. The molecule has 3 atom stereocenters. The van der Waals surface area contributed by atoms with Gasteiger partial charge in [0.15, 0.2) is 5.69 Å². The van der Waals surface area contributed by atoms with Crippen LogP contribution in [0.3, 0.4) is 0 Å². The molecule has 1 heterocycles. The summed E-state index contributed by atoms with van der Waals surface area (Å²) in [5.74, 6) is -1.26. The summed E-state index contributed by atoms with van der Waals surface area (Å²) in [6.07, 6.45) is 2.68. The van der Waals surface area contributed by atoms with Crippen LogP contribution in [0.2, 0.25) is 0 Å². The zero-order chi connectivity index (χ0) is 14.0. The van der Waals surface area contributed by atoms with Gasteiger partial charge in [-0.1, -0.05) is 6.42 Å². The second kappa shape index (κ2) is 5.66. The number of nitrogens with two attached hydrogens (primary N) is 1. The minimum atomic E-state index is -1.06. The zero-order valence-electron chi connectivity index (χ0n) is 10.6. The van der Waals surface area contributed by atoms with E-state index in [1.54, 1.807) is 6.92 Å². The van der Waals surface area contributed by atoms with Gasteiger partial charge in [-0.3, -0.25) is 4.79 Å². The van der Waals surface area contributed by atoms with Gasteiger partial charge in [-0.2, -0.15) is 0 Å². The van der Waals surface area contributed by atoms with Crippen LogP contribution in [0, 0.1) is 5.92 Å². The van der Waals surface area contributed by atoms with Crippen molar-refractivity contribution >= 4 is 23.2 Å². The molecule has 1 aromatic heterocycles. The van der Waals surface area contributed by atoms with E-state index in [2.05, 4.69) is 10.3 Å². The fourth-order valence-electron chi connectivity index (χ4n) is 2.28. The molecule has 1 amide bonds. The molecule has 1 saturated carbocycles. The number of amides is 1. The van der Waals surface area contributed by atoms with E-state index >= 15 is 0 Å². The molecule has 0 spiro atoms. The summed E-state index contributed by atoms with van der Waals surface area (Å²) < 4.78 is 0. The number of carboxylic acid groups (broad SMARTS) is 1. The molecule has 1 fully saturated rings. The van der Waals surface area contributed by atoms with E-state index in [1.165, 1.54) is 16.7 Å². The lowest BCUT2D eigenvalue weighted by Crippen LogP contribution is -2.39. The average Bonchev–Trinajstić information content (AvgIpc) is 2.96. The minimum absolute atomic E-state index is 0.0127. The van der Waals surface area contributed by atoms with Gasteiger partial charge in [0, 0.05) is 11.4 Å². The van der Waals surface area contributed by atoms with Crippen LogP contribution in [0.4, 0.5) is 0 Å². The molecular formula is C12H17N3O3S. The molecule has 0 bridgehead atoms. The highest BCUT2D eigenvalue weighted by Crippen LogP contribution is 2.25. The van der Waals surface area contributed by atoms with Crippen LogP contribution in [-0.2, 0) is 4.79 Å². The maximum Gasteiger partial charge on any atom is 0.355 e. The molecule has 6 nitrogen and oxygen atoms in total. The van der Waals surface area contributed by atoms with Crippen LogP contribution in [-0.4, -0.2) is 28.0 Å². The van der Waals surface area contributed by atoms with Gasteiger partial charge >= 0.3 is 5.97 Å². The van der Waals surface area contributed by atoms with E-state index in [9.17, 15) is 9.59 Å². The average molecular weight is 283 g/mol. The smallest absolute Gasteiger partial charge is 0.355 e. The Balaban J connectivity index is 1.98. The van der Waals surface area contributed by atoms with Gasteiger partial charge in [0.25, 0.3) is 0 Å². The predicted molar refractivity (Wildman–Crippen MR) is 70.9 cm³/mol. The maximum atomic E-state index is 12.0. The Morgan fingerprint density at radius 3 is 2.84 bits per heavy atom. The van der Waals surface area contributed by atoms with Crippen molar-refractivity contribution in [3.05, 3.63) is 16.1 Å². The van der Waals surface area contributed by atoms with Crippen molar-refractivity contribution in [3.8, 4) is 0 Å². The fraction of sp³-hybridized carbons (Fsp3) is 0.583. The first-order chi connectivity index (χ1) is 8.99. The highest BCUT2D eigenvalue weighted by molar-refractivity contribution is 7.09. The molecule has 0 radical (unpaired) electrons. The third kappa shape index (κ3) is 3.10. The van der Waals surface area contributed by atoms with Crippen molar-refractivity contribution in [2.24, 2.45) is 11.7 Å². The first-order valence-electron chi connectivity index (χ1n) is 6.23. The molecule has 1 aliphatic carbocycles. The summed E-state index contributed by atoms with van der Waals surface area (Å²) in [6, 6.07) is -0.364. The number of carbonyl (C=O) groups is 2. The number of thiazole rings is 1. The van der Waals surface area contributed by atoms with Gasteiger partial charge in [-0.05, 0) is 19.8 Å². The number of hydrogen-bond donors (Lipinski definition) is 3. The number of aromatic carboxylic acids is 1. The monoisotopic (exact) mass is 283 g/mol. The van der Waals surface area contributed by atoms with Crippen LogP contribution in [0.25, 0.3) is 0 Å². The van der Waals surface area contributed by atoms with Gasteiger partial charge in [0.2, 0.25) is 5.91 Å². The summed E-state index contributed by atoms with van der Waals surface area (Å²) >= 11 is 1.23. The lowest BCUT2D eigenvalue weighted by atomic mass is 10.0. The molecule has 0 aliphatic heterocycles. The van der Waals surface area contributed by atoms with Crippen molar-refractivity contribution in [1.82, 2.24) is 10.3 Å². The van der Waals surface area contributed by atoms with Crippen molar-refractivity contribution in [1.29, 1.82) is 0 Å². The molecule has 0 saturated heterocycles. The number of rotatable bonds is 4. The van der Waals surface area contributed by atoms with Crippen molar-refractivity contribution < 1.29 is 14.7 Å². The standard InChI is InChI=1S/C12H17N3O3S/c1-6(11-15-9(5-19-11)12(17)18)14-10(16)7-3-2-4-8(7)13/h5-8H,2-4,13H2,1H3,(H,14,16)(H,17,18). The van der Waals surface area contributed by atoms with Crippen LogP contribution < -0.4 is 11.1 Å². The van der Waals surface area contributed by atoms with Crippen LogP contribution in [0.1, 0.15) is 47.7 Å². The molecule has 2 rings (SSSR count). The highest BCUT2D eigenvalue weighted by atomic mass is 32.1. The van der Waals surface area contributed by atoms with Crippen LogP contribution in [0.15, 0.2) is 5.38 Å². The number of nitrogens with one attached hydrogen (secondary N) is 1. The zero-order valence-corrected chi connectivity index (χ0v) is 11.4. The SMILES string of the molecule is CC(NC(=O)C1CCCC1N)c1nc(C(=O)O)cs1. The normalized spacial score (nSPS) is 24.1. The van der Waals surface area contributed by atoms with Gasteiger partial charge in [0.05, 0.1) is 12.0 Å². The third-order valence-electron chi connectivity index (χ3n) is 3.38. The third-order valence-corrected chi connectivity index (χ3v) is 4.40. The Bertz CT molecular complexity index is 488. The van der Waals surface area contributed by atoms with Gasteiger partial charge in [-0.25, -0.2) is 9.78 Å². The number of carbonyl (C=O) groups excluding carboxylic acids is 1. The number of hydrogen-bond acceptors (Lipinski definition) is 5. The first kappa shape index (κ1) is 14.0. The molecule has 0 aromatic carbocycles. The van der Waals surface area contributed by atoms with Crippen LogP contribution >= 0.6 is 11.3 Å². The minimum Gasteiger partial charge on any atom is -0.476 e. The summed E-state index contributed by atoms with van der Waals surface area (Å²) in [6.45, 7) is 1.79. The molecular weight excluding hydrogens is 266 g/mol. The maximum absolute atomic E-state index is 12.0. The Kier molecular flexibility index (Phi) is 4.16. The number of carboxylic acids is 1. The van der Waals surface area contributed by atoms with E-state index in [0.717, 1.165) is 19.3 Å².